The fourth-order valence-corrected chi connectivity index (χ4v) is 2.97. The number of para-hydroxylation sites is 1. The highest BCUT2D eigenvalue weighted by atomic mass is 16.6. The molecule has 2 atom stereocenters. The van der Waals surface area contributed by atoms with E-state index >= 15 is 0 Å². The second-order valence-corrected chi connectivity index (χ2v) is 5.60. The van der Waals surface area contributed by atoms with E-state index in [0.29, 0.717) is 31.9 Å². The minimum Gasteiger partial charge on any atom is -0.487 e. The average Bonchev–Trinajstić information content (AvgIpc) is 2.89. The van der Waals surface area contributed by atoms with E-state index in [2.05, 4.69) is 0 Å². The third kappa shape index (κ3) is 2.82. The number of carboxylic acid groups (broad SMARTS) is 1. The second kappa shape index (κ2) is 5.54. The summed E-state index contributed by atoms with van der Waals surface area (Å²) in [4.78, 5) is 11.3. The molecule has 0 amide bonds. The van der Waals surface area contributed by atoms with Crippen LogP contribution in [0.15, 0.2) is 18.2 Å². The van der Waals surface area contributed by atoms with E-state index < -0.39 is 5.97 Å². The number of anilines is 1. The van der Waals surface area contributed by atoms with Crippen molar-refractivity contribution in [3.8, 4) is 5.75 Å². The molecule has 6 heteroatoms. The normalized spacial score (nSPS) is 28.7. The molecule has 1 aromatic carbocycles. The summed E-state index contributed by atoms with van der Waals surface area (Å²) in [5.74, 6) is -0.783. The Bertz CT molecular complexity index is 539. The molecule has 2 aliphatic heterocycles. The molecule has 1 aromatic rings. The van der Waals surface area contributed by atoms with Crippen molar-refractivity contribution in [2.24, 2.45) is 0 Å². The first kappa shape index (κ1) is 14.2. The maximum atomic E-state index is 11.3. The summed E-state index contributed by atoms with van der Waals surface area (Å²) >= 11 is 0. The molecule has 21 heavy (non-hydrogen) atoms. The van der Waals surface area contributed by atoms with Gasteiger partial charge in [0.1, 0.15) is 11.7 Å². The number of nitrogens with two attached hydrogens (primary N) is 1. The molecular weight excluding hydrogens is 274 g/mol. The van der Waals surface area contributed by atoms with Gasteiger partial charge in [-0.15, -0.1) is 0 Å². The first-order chi connectivity index (χ1) is 10.1. The van der Waals surface area contributed by atoms with Crippen LogP contribution in [0.4, 0.5) is 5.69 Å². The maximum absolute atomic E-state index is 11.3. The van der Waals surface area contributed by atoms with Crippen LogP contribution in [0.2, 0.25) is 0 Å². The Balaban J connectivity index is 1.79. The van der Waals surface area contributed by atoms with Crippen LogP contribution in [-0.2, 0) is 9.47 Å². The third-order valence-corrected chi connectivity index (χ3v) is 4.08. The zero-order valence-corrected chi connectivity index (χ0v) is 11.7. The molecule has 0 bridgehead atoms. The van der Waals surface area contributed by atoms with Crippen LogP contribution >= 0.6 is 0 Å². The fraction of sp³-hybridized carbons (Fsp3) is 0.533. The van der Waals surface area contributed by atoms with Gasteiger partial charge in [-0.05, 0) is 12.1 Å². The van der Waals surface area contributed by atoms with Crippen LogP contribution in [0.1, 0.15) is 29.6 Å². The highest BCUT2D eigenvalue weighted by Crippen LogP contribution is 2.36. The maximum Gasteiger partial charge on any atom is 0.339 e. The molecule has 0 saturated carbocycles. The van der Waals surface area contributed by atoms with Gasteiger partial charge in [-0.2, -0.15) is 0 Å². The number of hydrogen-bond acceptors (Lipinski definition) is 5. The van der Waals surface area contributed by atoms with Gasteiger partial charge in [0, 0.05) is 25.9 Å². The van der Waals surface area contributed by atoms with Crippen molar-refractivity contribution in [1.82, 2.24) is 0 Å². The molecule has 0 radical (unpaired) electrons. The van der Waals surface area contributed by atoms with Gasteiger partial charge in [0.05, 0.1) is 24.5 Å². The molecule has 0 aromatic heterocycles. The van der Waals surface area contributed by atoms with Crippen LogP contribution in [0.25, 0.3) is 0 Å². The molecule has 6 nitrogen and oxygen atoms in total. The lowest BCUT2D eigenvalue weighted by atomic mass is 9.91. The Morgan fingerprint density at radius 2 is 2.29 bits per heavy atom. The van der Waals surface area contributed by atoms with E-state index in [9.17, 15) is 9.90 Å². The lowest BCUT2D eigenvalue weighted by Crippen LogP contribution is -2.44. The van der Waals surface area contributed by atoms with Gasteiger partial charge in [-0.25, -0.2) is 4.79 Å². The first-order valence-electron chi connectivity index (χ1n) is 7.10. The Labute approximate surface area is 122 Å². The van der Waals surface area contributed by atoms with Crippen molar-refractivity contribution in [2.45, 2.75) is 31.0 Å². The monoisotopic (exact) mass is 293 g/mol. The summed E-state index contributed by atoms with van der Waals surface area (Å²) in [6, 6.07) is 4.76. The second-order valence-electron chi connectivity index (χ2n) is 5.60. The molecule has 3 rings (SSSR count). The van der Waals surface area contributed by atoms with E-state index in [-0.39, 0.29) is 23.0 Å². The zero-order valence-electron chi connectivity index (χ0n) is 11.7. The average molecular weight is 293 g/mol. The van der Waals surface area contributed by atoms with Gasteiger partial charge in [0.15, 0.2) is 5.75 Å². The lowest BCUT2D eigenvalue weighted by Gasteiger charge is -2.37. The van der Waals surface area contributed by atoms with Crippen molar-refractivity contribution in [1.29, 1.82) is 0 Å². The van der Waals surface area contributed by atoms with Crippen LogP contribution in [0, 0.1) is 0 Å². The van der Waals surface area contributed by atoms with Gasteiger partial charge in [0.2, 0.25) is 0 Å². The number of carbonyl (C=O) groups is 1. The van der Waals surface area contributed by atoms with Crippen LogP contribution < -0.4 is 10.5 Å². The standard InChI is InChI=1S/C15H19NO5/c16-12-3-1-2-11(14(17)18)13(12)21-10-4-6-20-15(8-10)5-7-19-9-15/h1-3,10H,4-9,16H2,(H,17,18). The molecule has 2 unspecified atom stereocenters. The number of rotatable bonds is 3. The molecular formula is C15H19NO5. The fourth-order valence-electron chi connectivity index (χ4n) is 2.97. The zero-order chi connectivity index (χ0) is 14.9. The van der Waals surface area contributed by atoms with Crippen LogP contribution in [-0.4, -0.2) is 42.6 Å². The SMILES string of the molecule is Nc1cccc(C(=O)O)c1OC1CCOC2(CCOC2)C1. The summed E-state index contributed by atoms with van der Waals surface area (Å²) in [5, 5.41) is 9.24. The van der Waals surface area contributed by atoms with E-state index in [1.54, 1.807) is 12.1 Å². The number of carboxylic acids is 1. The number of hydrogen-bond donors (Lipinski definition) is 2. The van der Waals surface area contributed by atoms with Gasteiger partial charge in [-0.3, -0.25) is 0 Å². The predicted molar refractivity (Wildman–Crippen MR) is 75.6 cm³/mol. The topological polar surface area (TPSA) is 91.0 Å². The predicted octanol–water partition coefficient (Wildman–Crippen LogP) is 1.68. The Hall–Kier alpha value is -1.79. The summed E-state index contributed by atoms with van der Waals surface area (Å²) in [6.45, 7) is 1.85. The molecule has 2 saturated heterocycles. The minimum atomic E-state index is -1.04. The van der Waals surface area contributed by atoms with Gasteiger partial charge in [0.25, 0.3) is 0 Å². The van der Waals surface area contributed by atoms with E-state index in [4.69, 9.17) is 19.9 Å². The van der Waals surface area contributed by atoms with Crippen molar-refractivity contribution in [3.05, 3.63) is 23.8 Å². The number of aromatic carboxylic acids is 1. The van der Waals surface area contributed by atoms with Crippen LogP contribution in [0.3, 0.4) is 0 Å². The molecule has 3 N–H and O–H groups in total. The smallest absolute Gasteiger partial charge is 0.339 e. The molecule has 2 aliphatic rings. The van der Waals surface area contributed by atoms with E-state index in [0.717, 1.165) is 12.8 Å². The van der Waals surface area contributed by atoms with Crippen molar-refractivity contribution < 1.29 is 24.1 Å². The Kier molecular flexibility index (Phi) is 3.73. The van der Waals surface area contributed by atoms with Gasteiger partial charge in [-0.1, -0.05) is 6.07 Å². The van der Waals surface area contributed by atoms with E-state index in [1.165, 1.54) is 6.07 Å². The summed E-state index contributed by atoms with van der Waals surface area (Å²) in [5.41, 5.74) is 6.04. The van der Waals surface area contributed by atoms with E-state index in [1.807, 2.05) is 0 Å². The first-order valence-corrected chi connectivity index (χ1v) is 7.10. The third-order valence-electron chi connectivity index (χ3n) is 4.08. The largest absolute Gasteiger partial charge is 0.487 e. The summed E-state index contributed by atoms with van der Waals surface area (Å²) < 4.78 is 17.2. The highest BCUT2D eigenvalue weighted by molar-refractivity contribution is 5.93. The number of ether oxygens (including phenoxy) is 3. The number of benzene rings is 1. The Morgan fingerprint density at radius 1 is 1.43 bits per heavy atom. The Morgan fingerprint density at radius 3 is 3.00 bits per heavy atom. The molecule has 114 valence electrons. The van der Waals surface area contributed by atoms with Crippen molar-refractivity contribution >= 4 is 11.7 Å². The summed E-state index contributed by atoms with van der Waals surface area (Å²) in [7, 11) is 0. The van der Waals surface area contributed by atoms with Crippen molar-refractivity contribution in [2.75, 3.05) is 25.6 Å². The lowest BCUT2D eigenvalue weighted by molar-refractivity contribution is -0.112. The molecule has 1 spiro atoms. The quantitative estimate of drug-likeness (QED) is 0.824. The van der Waals surface area contributed by atoms with Crippen molar-refractivity contribution in [3.63, 3.8) is 0 Å². The molecule has 2 heterocycles. The highest BCUT2D eigenvalue weighted by Gasteiger charge is 2.42. The number of nitrogen functional groups attached to an aromatic ring is 1. The van der Waals surface area contributed by atoms with Crippen LogP contribution in [0.5, 0.6) is 5.75 Å². The van der Waals surface area contributed by atoms with Gasteiger partial charge >= 0.3 is 5.97 Å². The van der Waals surface area contributed by atoms with Gasteiger partial charge < -0.3 is 25.1 Å². The summed E-state index contributed by atoms with van der Waals surface area (Å²) in [6.07, 6.45) is 2.15. The molecule has 2 fully saturated rings. The molecule has 0 aliphatic carbocycles. The minimum absolute atomic E-state index is 0.0956.